The Balaban J connectivity index is 1.58. The predicted octanol–water partition coefficient (Wildman–Crippen LogP) is 3.79. The molecule has 3 aromatic rings. The van der Waals surface area contributed by atoms with Gasteiger partial charge in [-0.05, 0) is 49.4 Å². The van der Waals surface area contributed by atoms with E-state index in [9.17, 15) is 9.59 Å². The first-order chi connectivity index (χ1) is 13.5. The summed E-state index contributed by atoms with van der Waals surface area (Å²) < 4.78 is 5.07. The minimum atomic E-state index is -0.360. The van der Waals surface area contributed by atoms with Crippen molar-refractivity contribution in [3.63, 3.8) is 0 Å². The van der Waals surface area contributed by atoms with Gasteiger partial charge in [-0.1, -0.05) is 24.3 Å². The number of likely N-dealkylation sites (N-methyl/N-ethyl adjacent to an activating group) is 1. The Morgan fingerprint density at radius 2 is 1.79 bits per heavy atom. The number of benzene rings is 2. The number of carbonyl (C=O) groups is 2. The van der Waals surface area contributed by atoms with Crippen molar-refractivity contribution in [3.8, 4) is 0 Å². The standard InChI is InChI=1S/C22H23N3O3/c1-16(25(2)19-10-4-3-5-11-19)15-23-21(26)17-8-6-9-18(14-17)24-22(27)20-12-7-13-28-20/h3-14,16H,15H2,1-2H3,(H,23,26)(H,24,27). The average molecular weight is 377 g/mol. The molecule has 6 heteroatoms. The third-order valence-electron chi connectivity index (χ3n) is 4.51. The number of amides is 2. The van der Waals surface area contributed by atoms with Gasteiger partial charge in [0.15, 0.2) is 5.76 Å². The van der Waals surface area contributed by atoms with Crippen LogP contribution in [0, 0.1) is 0 Å². The average Bonchev–Trinajstić information content (AvgIpc) is 3.27. The largest absolute Gasteiger partial charge is 0.459 e. The monoisotopic (exact) mass is 377 g/mol. The van der Waals surface area contributed by atoms with Crippen LogP contribution in [0.1, 0.15) is 27.8 Å². The molecule has 0 spiro atoms. The molecule has 2 amide bonds. The Bertz CT molecular complexity index is 923. The molecule has 144 valence electrons. The van der Waals surface area contributed by atoms with Crippen molar-refractivity contribution in [3.05, 3.63) is 84.3 Å². The van der Waals surface area contributed by atoms with Gasteiger partial charge < -0.3 is 20.0 Å². The molecule has 2 N–H and O–H groups in total. The van der Waals surface area contributed by atoms with Gasteiger partial charge in [0, 0.05) is 36.6 Å². The fourth-order valence-corrected chi connectivity index (χ4v) is 2.74. The number of hydrogen-bond donors (Lipinski definition) is 2. The molecule has 0 aliphatic heterocycles. The van der Waals surface area contributed by atoms with Crippen LogP contribution in [0.3, 0.4) is 0 Å². The lowest BCUT2D eigenvalue weighted by Gasteiger charge is -2.27. The summed E-state index contributed by atoms with van der Waals surface area (Å²) in [7, 11) is 2.00. The van der Waals surface area contributed by atoms with Crippen LogP contribution in [0.4, 0.5) is 11.4 Å². The second kappa shape index (κ2) is 8.90. The number of hydrogen-bond acceptors (Lipinski definition) is 4. The Morgan fingerprint density at radius 3 is 2.50 bits per heavy atom. The third-order valence-corrected chi connectivity index (χ3v) is 4.51. The molecule has 0 fully saturated rings. The second-order valence-corrected chi connectivity index (χ2v) is 6.52. The Morgan fingerprint density at radius 1 is 1.00 bits per heavy atom. The first-order valence-corrected chi connectivity index (χ1v) is 9.05. The number of rotatable bonds is 7. The molecule has 0 saturated heterocycles. The summed E-state index contributed by atoms with van der Waals surface area (Å²) in [6.07, 6.45) is 1.44. The Hall–Kier alpha value is -3.54. The molecule has 1 atom stereocenters. The van der Waals surface area contributed by atoms with Gasteiger partial charge in [0.2, 0.25) is 0 Å². The van der Waals surface area contributed by atoms with E-state index in [1.165, 1.54) is 6.26 Å². The maximum atomic E-state index is 12.5. The second-order valence-electron chi connectivity index (χ2n) is 6.52. The lowest BCUT2D eigenvalue weighted by molar-refractivity contribution is 0.0949. The molecule has 1 heterocycles. The molecule has 2 aromatic carbocycles. The predicted molar refractivity (Wildman–Crippen MR) is 110 cm³/mol. The zero-order chi connectivity index (χ0) is 19.9. The Kier molecular flexibility index (Phi) is 6.11. The van der Waals surface area contributed by atoms with Gasteiger partial charge in [-0.2, -0.15) is 0 Å². The topological polar surface area (TPSA) is 74.6 Å². The van der Waals surface area contributed by atoms with E-state index < -0.39 is 0 Å². The summed E-state index contributed by atoms with van der Waals surface area (Å²) in [4.78, 5) is 26.7. The smallest absolute Gasteiger partial charge is 0.291 e. The summed E-state index contributed by atoms with van der Waals surface area (Å²) >= 11 is 0. The van der Waals surface area contributed by atoms with E-state index in [2.05, 4.69) is 15.5 Å². The lowest BCUT2D eigenvalue weighted by atomic mass is 10.1. The number of nitrogens with one attached hydrogen (secondary N) is 2. The van der Waals surface area contributed by atoms with Crippen molar-refractivity contribution in [2.75, 3.05) is 23.8 Å². The molecule has 0 aliphatic carbocycles. The first-order valence-electron chi connectivity index (χ1n) is 9.05. The summed E-state index contributed by atoms with van der Waals surface area (Å²) in [6, 6.07) is 20.2. The SMILES string of the molecule is CC(CNC(=O)c1cccc(NC(=O)c2ccco2)c1)N(C)c1ccccc1. The summed E-state index contributed by atoms with van der Waals surface area (Å²) in [5.74, 6) is -0.337. The number of anilines is 2. The maximum Gasteiger partial charge on any atom is 0.291 e. The molecule has 0 aliphatic rings. The van der Waals surface area contributed by atoms with E-state index in [-0.39, 0.29) is 23.6 Å². The van der Waals surface area contributed by atoms with E-state index in [4.69, 9.17) is 4.42 Å². The van der Waals surface area contributed by atoms with Crippen LogP contribution in [0.5, 0.6) is 0 Å². The van der Waals surface area contributed by atoms with Crippen LogP contribution in [0.2, 0.25) is 0 Å². The van der Waals surface area contributed by atoms with Crippen molar-refractivity contribution in [2.24, 2.45) is 0 Å². The fourth-order valence-electron chi connectivity index (χ4n) is 2.74. The molecule has 28 heavy (non-hydrogen) atoms. The van der Waals surface area contributed by atoms with Gasteiger partial charge in [0.1, 0.15) is 0 Å². The summed E-state index contributed by atoms with van der Waals surface area (Å²) in [6.45, 7) is 2.54. The highest BCUT2D eigenvalue weighted by atomic mass is 16.3. The Labute approximate surface area is 164 Å². The van der Waals surface area contributed by atoms with Crippen LogP contribution in [-0.4, -0.2) is 31.4 Å². The molecule has 6 nitrogen and oxygen atoms in total. The highest BCUT2D eigenvalue weighted by Crippen LogP contribution is 2.15. The summed E-state index contributed by atoms with van der Waals surface area (Å²) in [5.41, 5.74) is 2.10. The van der Waals surface area contributed by atoms with Gasteiger partial charge in [-0.25, -0.2) is 0 Å². The third kappa shape index (κ3) is 4.79. The lowest BCUT2D eigenvalue weighted by Crippen LogP contribution is -2.40. The summed E-state index contributed by atoms with van der Waals surface area (Å²) in [5, 5.41) is 5.67. The number of carbonyl (C=O) groups excluding carboxylic acids is 2. The first kappa shape index (κ1) is 19.2. The van der Waals surface area contributed by atoms with Crippen molar-refractivity contribution in [2.45, 2.75) is 13.0 Å². The van der Waals surface area contributed by atoms with E-state index in [1.54, 1.807) is 36.4 Å². The quantitative estimate of drug-likeness (QED) is 0.657. The van der Waals surface area contributed by atoms with E-state index in [1.807, 2.05) is 44.3 Å². The molecule has 3 rings (SSSR count). The van der Waals surface area contributed by atoms with Crippen LogP contribution in [0.25, 0.3) is 0 Å². The molecular formula is C22H23N3O3. The molecular weight excluding hydrogens is 354 g/mol. The van der Waals surface area contributed by atoms with Gasteiger partial charge in [-0.3, -0.25) is 9.59 Å². The molecule has 0 radical (unpaired) electrons. The number of nitrogens with zero attached hydrogens (tertiary/aromatic N) is 1. The normalized spacial score (nSPS) is 11.5. The zero-order valence-corrected chi connectivity index (χ0v) is 15.9. The van der Waals surface area contributed by atoms with Crippen molar-refractivity contribution in [1.29, 1.82) is 0 Å². The molecule has 0 saturated carbocycles. The minimum Gasteiger partial charge on any atom is -0.459 e. The van der Waals surface area contributed by atoms with Gasteiger partial charge in [0.25, 0.3) is 11.8 Å². The maximum absolute atomic E-state index is 12.5. The molecule has 1 aromatic heterocycles. The van der Waals surface area contributed by atoms with Crippen LogP contribution < -0.4 is 15.5 Å². The highest BCUT2D eigenvalue weighted by molar-refractivity contribution is 6.03. The fraction of sp³-hybridized carbons (Fsp3) is 0.182. The van der Waals surface area contributed by atoms with Gasteiger partial charge in [-0.15, -0.1) is 0 Å². The highest BCUT2D eigenvalue weighted by Gasteiger charge is 2.14. The van der Waals surface area contributed by atoms with Crippen LogP contribution in [0.15, 0.2) is 77.4 Å². The van der Waals surface area contributed by atoms with E-state index >= 15 is 0 Å². The number of para-hydroxylation sites is 1. The van der Waals surface area contributed by atoms with Crippen molar-refractivity contribution >= 4 is 23.2 Å². The van der Waals surface area contributed by atoms with Crippen LogP contribution >= 0.6 is 0 Å². The van der Waals surface area contributed by atoms with E-state index in [0.29, 0.717) is 17.8 Å². The van der Waals surface area contributed by atoms with Crippen molar-refractivity contribution < 1.29 is 14.0 Å². The zero-order valence-electron chi connectivity index (χ0n) is 15.9. The van der Waals surface area contributed by atoms with Crippen LogP contribution in [-0.2, 0) is 0 Å². The minimum absolute atomic E-state index is 0.119. The van der Waals surface area contributed by atoms with Gasteiger partial charge in [0.05, 0.1) is 6.26 Å². The van der Waals surface area contributed by atoms with Crippen molar-refractivity contribution in [1.82, 2.24) is 5.32 Å². The number of furan rings is 1. The molecule has 0 bridgehead atoms. The molecule has 1 unspecified atom stereocenters. The van der Waals surface area contributed by atoms with E-state index in [0.717, 1.165) is 5.69 Å². The van der Waals surface area contributed by atoms with Gasteiger partial charge >= 0.3 is 0 Å².